The zero-order chi connectivity index (χ0) is 17.5. The molecule has 2 aromatic rings. The predicted octanol–water partition coefficient (Wildman–Crippen LogP) is 4.53. The summed E-state index contributed by atoms with van der Waals surface area (Å²) in [7, 11) is 0. The fraction of sp³-hybridized carbons (Fsp3) is 0.235. The van der Waals surface area contributed by atoms with Gasteiger partial charge in [-0.1, -0.05) is 40.9 Å². The third kappa shape index (κ3) is 5.78. The smallest absolute Gasteiger partial charge is 0.258 e. The number of carbonyl (C=O) groups is 1. The summed E-state index contributed by atoms with van der Waals surface area (Å²) in [6.07, 6.45) is 0. The lowest BCUT2D eigenvalue weighted by atomic mass is 10.2. The molecule has 0 radical (unpaired) electrons. The van der Waals surface area contributed by atoms with Crippen molar-refractivity contribution in [3.05, 3.63) is 57.0 Å². The van der Waals surface area contributed by atoms with Gasteiger partial charge >= 0.3 is 0 Å². The van der Waals surface area contributed by atoms with Crippen LogP contribution in [0.4, 0.5) is 0 Å². The number of amides is 1. The first-order valence-corrected chi connectivity index (χ1v) is 8.32. The quantitative estimate of drug-likeness (QED) is 0.709. The van der Waals surface area contributed by atoms with E-state index < -0.39 is 0 Å². The standard InChI is InChI=1S/C17H16Cl3NO3/c1-11-2-4-13(19)16(8-11)23-7-6-21-17(22)10-24-15-5-3-12(18)9-14(15)20/h2-5,8-9H,6-7,10H2,1H3,(H,21,22). The third-order valence-corrected chi connectivity index (χ3v) is 3.86. The minimum atomic E-state index is -0.278. The summed E-state index contributed by atoms with van der Waals surface area (Å²) in [5, 5.41) is 4.08. The number of hydrogen-bond acceptors (Lipinski definition) is 3. The van der Waals surface area contributed by atoms with Gasteiger partial charge < -0.3 is 14.8 Å². The van der Waals surface area contributed by atoms with Crippen molar-refractivity contribution < 1.29 is 14.3 Å². The maximum Gasteiger partial charge on any atom is 0.258 e. The molecule has 2 aromatic carbocycles. The summed E-state index contributed by atoms with van der Waals surface area (Å²) in [6, 6.07) is 10.3. The summed E-state index contributed by atoms with van der Waals surface area (Å²) in [4.78, 5) is 11.7. The minimum absolute atomic E-state index is 0.146. The average Bonchev–Trinajstić information content (AvgIpc) is 2.54. The van der Waals surface area contributed by atoms with Crippen molar-refractivity contribution >= 4 is 40.7 Å². The van der Waals surface area contributed by atoms with Crippen molar-refractivity contribution in [2.75, 3.05) is 19.8 Å². The van der Waals surface area contributed by atoms with E-state index in [0.717, 1.165) is 5.56 Å². The third-order valence-electron chi connectivity index (χ3n) is 3.02. The highest BCUT2D eigenvalue weighted by Crippen LogP contribution is 2.27. The lowest BCUT2D eigenvalue weighted by Gasteiger charge is -2.11. The van der Waals surface area contributed by atoms with Crippen molar-refractivity contribution in [3.8, 4) is 11.5 Å². The van der Waals surface area contributed by atoms with Crippen LogP contribution in [-0.4, -0.2) is 25.7 Å². The van der Waals surface area contributed by atoms with Gasteiger partial charge in [-0.05, 0) is 42.8 Å². The Morgan fingerprint density at radius 3 is 2.54 bits per heavy atom. The molecule has 0 unspecified atom stereocenters. The first-order chi connectivity index (χ1) is 11.5. The second-order valence-corrected chi connectivity index (χ2v) is 6.25. The Labute approximate surface area is 155 Å². The molecule has 128 valence electrons. The molecule has 4 nitrogen and oxygen atoms in total. The Hall–Kier alpha value is -1.62. The number of rotatable bonds is 7. The van der Waals surface area contributed by atoms with Crippen LogP contribution in [0.3, 0.4) is 0 Å². The van der Waals surface area contributed by atoms with Crippen molar-refractivity contribution in [1.82, 2.24) is 5.32 Å². The van der Waals surface area contributed by atoms with Gasteiger partial charge in [-0.15, -0.1) is 0 Å². The van der Waals surface area contributed by atoms with E-state index in [1.807, 2.05) is 19.1 Å². The average molecular weight is 389 g/mol. The van der Waals surface area contributed by atoms with E-state index in [1.165, 1.54) is 0 Å². The van der Waals surface area contributed by atoms with Crippen LogP contribution in [0.25, 0.3) is 0 Å². The van der Waals surface area contributed by atoms with E-state index >= 15 is 0 Å². The van der Waals surface area contributed by atoms with Gasteiger partial charge in [0.05, 0.1) is 16.6 Å². The minimum Gasteiger partial charge on any atom is -0.490 e. The van der Waals surface area contributed by atoms with Crippen molar-refractivity contribution in [1.29, 1.82) is 0 Å². The highest BCUT2D eigenvalue weighted by molar-refractivity contribution is 6.35. The molecule has 0 saturated carbocycles. The molecule has 0 atom stereocenters. The van der Waals surface area contributed by atoms with Crippen LogP contribution < -0.4 is 14.8 Å². The van der Waals surface area contributed by atoms with Gasteiger partial charge in [0.1, 0.15) is 18.1 Å². The van der Waals surface area contributed by atoms with Crippen LogP contribution in [0.15, 0.2) is 36.4 Å². The molecule has 24 heavy (non-hydrogen) atoms. The number of hydrogen-bond donors (Lipinski definition) is 1. The summed E-state index contributed by atoms with van der Waals surface area (Å²) >= 11 is 17.8. The zero-order valence-electron chi connectivity index (χ0n) is 12.9. The Morgan fingerprint density at radius 2 is 1.79 bits per heavy atom. The molecule has 0 heterocycles. The van der Waals surface area contributed by atoms with Crippen molar-refractivity contribution in [3.63, 3.8) is 0 Å². The molecule has 1 amide bonds. The molecule has 0 fully saturated rings. The van der Waals surface area contributed by atoms with Gasteiger partial charge in [0.25, 0.3) is 5.91 Å². The number of carbonyl (C=O) groups excluding carboxylic acids is 1. The maximum absolute atomic E-state index is 11.7. The Kier molecular flexibility index (Phi) is 7.03. The molecule has 0 aliphatic rings. The summed E-state index contributed by atoms with van der Waals surface area (Å²) < 4.78 is 10.9. The second-order valence-electron chi connectivity index (χ2n) is 5.00. The molecular formula is C17H16Cl3NO3. The maximum atomic E-state index is 11.7. The van der Waals surface area contributed by atoms with Crippen LogP contribution in [0.2, 0.25) is 15.1 Å². The normalized spacial score (nSPS) is 10.3. The van der Waals surface area contributed by atoms with E-state index in [0.29, 0.717) is 39.7 Å². The molecule has 2 rings (SSSR count). The zero-order valence-corrected chi connectivity index (χ0v) is 15.2. The number of ether oxygens (including phenoxy) is 2. The van der Waals surface area contributed by atoms with Gasteiger partial charge in [0.15, 0.2) is 6.61 Å². The molecular weight excluding hydrogens is 373 g/mol. The topological polar surface area (TPSA) is 47.6 Å². The van der Waals surface area contributed by atoms with E-state index in [-0.39, 0.29) is 12.5 Å². The van der Waals surface area contributed by atoms with Gasteiger partial charge in [-0.2, -0.15) is 0 Å². The SMILES string of the molecule is Cc1ccc(Cl)c(OCCNC(=O)COc2ccc(Cl)cc2Cl)c1. The molecule has 0 aliphatic carbocycles. The van der Waals surface area contributed by atoms with E-state index in [4.69, 9.17) is 44.3 Å². The molecule has 0 spiro atoms. The number of halogens is 3. The van der Waals surface area contributed by atoms with Crippen molar-refractivity contribution in [2.45, 2.75) is 6.92 Å². The second kappa shape index (κ2) is 9.02. The van der Waals surface area contributed by atoms with Crippen LogP contribution in [0, 0.1) is 6.92 Å². The molecule has 1 N–H and O–H groups in total. The monoisotopic (exact) mass is 387 g/mol. The van der Waals surface area contributed by atoms with Crippen LogP contribution in [0.5, 0.6) is 11.5 Å². The summed E-state index contributed by atoms with van der Waals surface area (Å²) in [6.45, 7) is 2.44. The van der Waals surface area contributed by atoms with E-state index in [1.54, 1.807) is 24.3 Å². The fourth-order valence-electron chi connectivity index (χ4n) is 1.86. The first-order valence-electron chi connectivity index (χ1n) is 7.19. The highest BCUT2D eigenvalue weighted by atomic mass is 35.5. The molecule has 0 saturated heterocycles. The summed E-state index contributed by atoms with van der Waals surface area (Å²) in [5.41, 5.74) is 1.05. The van der Waals surface area contributed by atoms with Crippen molar-refractivity contribution in [2.24, 2.45) is 0 Å². The van der Waals surface area contributed by atoms with Crippen LogP contribution >= 0.6 is 34.8 Å². The predicted molar refractivity (Wildman–Crippen MR) is 96.7 cm³/mol. The molecule has 0 aliphatic heterocycles. The lowest BCUT2D eigenvalue weighted by Crippen LogP contribution is -2.32. The number of aryl methyl sites for hydroxylation is 1. The Morgan fingerprint density at radius 1 is 1.00 bits per heavy atom. The van der Waals surface area contributed by atoms with Gasteiger partial charge in [-0.25, -0.2) is 0 Å². The van der Waals surface area contributed by atoms with Crippen LogP contribution in [0.1, 0.15) is 5.56 Å². The highest BCUT2D eigenvalue weighted by Gasteiger charge is 2.07. The Bertz CT molecular complexity index is 722. The molecule has 0 bridgehead atoms. The molecule has 0 aromatic heterocycles. The van der Waals surface area contributed by atoms with Gasteiger partial charge in [0, 0.05) is 5.02 Å². The van der Waals surface area contributed by atoms with Gasteiger partial charge in [-0.3, -0.25) is 4.79 Å². The summed E-state index contributed by atoms with van der Waals surface area (Å²) in [5.74, 6) is 0.717. The van der Waals surface area contributed by atoms with E-state index in [2.05, 4.69) is 5.32 Å². The first kappa shape index (κ1) is 18.7. The Balaban J connectivity index is 1.70. The number of nitrogens with one attached hydrogen (secondary N) is 1. The molecule has 7 heteroatoms. The number of benzene rings is 2. The van der Waals surface area contributed by atoms with Gasteiger partial charge in [0.2, 0.25) is 0 Å². The van der Waals surface area contributed by atoms with E-state index in [9.17, 15) is 4.79 Å². The lowest BCUT2D eigenvalue weighted by molar-refractivity contribution is -0.123. The largest absolute Gasteiger partial charge is 0.490 e. The van der Waals surface area contributed by atoms with Crippen LogP contribution in [-0.2, 0) is 4.79 Å². The fourth-order valence-corrected chi connectivity index (χ4v) is 2.49.